The lowest BCUT2D eigenvalue weighted by Gasteiger charge is -2.35. The number of hydrogen-bond donors (Lipinski definition) is 2. The molecule has 1 rings (SSSR count). The molecular formula is C30H42O2. The predicted octanol–water partition coefficient (Wildman–Crippen LogP) is 7.49. The highest BCUT2D eigenvalue weighted by molar-refractivity contribution is 5.38. The first kappa shape index (κ1) is 27.6. The molecule has 0 aromatic heterocycles. The molecule has 2 heteroatoms. The third-order valence-corrected chi connectivity index (χ3v) is 5.53. The molecule has 0 heterocycles. The topological polar surface area (TPSA) is 40.5 Å². The van der Waals surface area contributed by atoms with Gasteiger partial charge in [0.1, 0.15) is 0 Å². The molecule has 2 nitrogen and oxygen atoms in total. The Morgan fingerprint density at radius 2 is 1.34 bits per heavy atom. The Kier molecular flexibility index (Phi) is 12.0. The first-order valence-electron chi connectivity index (χ1n) is 11.4. The van der Waals surface area contributed by atoms with Gasteiger partial charge in [-0.1, -0.05) is 109 Å². The van der Waals surface area contributed by atoms with Gasteiger partial charge in [0.2, 0.25) is 0 Å². The lowest BCUT2D eigenvalue weighted by Crippen LogP contribution is -2.28. The van der Waals surface area contributed by atoms with Crippen LogP contribution in [0.15, 0.2) is 106 Å². The molecule has 32 heavy (non-hydrogen) atoms. The fourth-order valence-corrected chi connectivity index (χ4v) is 3.74. The third-order valence-electron chi connectivity index (χ3n) is 5.53. The summed E-state index contributed by atoms with van der Waals surface area (Å²) in [5.74, 6) is 0. The molecule has 1 aliphatic rings. The van der Waals surface area contributed by atoms with E-state index in [1.54, 1.807) is 0 Å². The summed E-state index contributed by atoms with van der Waals surface area (Å²) in [5, 5.41) is 19.0. The van der Waals surface area contributed by atoms with E-state index in [9.17, 15) is 5.11 Å². The highest BCUT2D eigenvalue weighted by Gasteiger charge is 2.31. The first-order valence-corrected chi connectivity index (χ1v) is 11.4. The smallest absolute Gasteiger partial charge is 0.0642 e. The Morgan fingerprint density at radius 3 is 1.88 bits per heavy atom. The predicted molar refractivity (Wildman–Crippen MR) is 140 cm³/mol. The van der Waals surface area contributed by atoms with E-state index in [1.807, 2.05) is 37.3 Å². The largest absolute Gasteiger partial charge is 0.393 e. The van der Waals surface area contributed by atoms with Gasteiger partial charge in [0.25, 0.3) is 0 Å². The van der Waals surface area contributed by atoms with Crippen LogP contribution in [0.3, 0.4) is 0 Å². The zero-order chi connectivity index (χ0) is 24.1. The van der Waals surface area contributed by atoms with Crippen molar-refractivity contribution in [3.8, 4) is 0 Å². The van der Waals surface area contributed by atoms with Crippen LogP contribution in [0.2, 0.25) is 0 Å². The van der Waals surface area contributed by atoms with E-state index in [-0.39, 0.29) is 18.1 Å². The van der Waals surface area contributed by atoms with E-state index in [0.717, 1.165) is 24.0 Å². The van der Waals surface area contributed by atoms with Gasteiger partial charge in [-0.15, -0.1) is 0 Å². The average molecular weight is 435 g/mol. The van der Waals surface area contributed by atoms with E-state index in [4.69, 9.17) is 5.11 Å². The van der Waals surface area contributed by atoms with Gasteiger partial charge in [0.15, 0.2) is 0 Å². The Bertz CT molecular complexity index is 893. The van der Waals surface area contributed by atoms with Gasteiger partial charge in [-0.25, -0.2) is 0 Å². The molecule has 0 saturated carbocycles. The molecule has 0 amide bonds. The minimum Gasteiger partial charge on any atom is -0.393 e. The van der Waals surface area contributed by atoms with Crippen LogP contribution in [-0.2, 0) is 0 Å². The summed E-state index contributed by atoms with van der Waals surface area (Å²) in [6.45, 7) is 14.8. The van der Waals surface area contributed by atoms with Crippen molar-refractivity contribution in [1.82, 2.24) is 0 Å². The molecule has 2 N–H and O–H groups in total. The SMILES string of the molecule is CC1=C(/C=C/C(C)=C\C=C\C(C)=C\C=C\C=C(C)\C=C\C=C(/C)CO)C(C)(C)CC(O)C1. The highest BCUT2D eigenvalue weighted by atomic mass is 16.3. The molecule has 174 valence electrons. The maximum absolute atomic E-state index is 10.0. The van der Waals surface area contributed by atoms with Gasteiger partial charge >= 0.3 is 0 Å². The number of hydrogen-bond acceptors (Lipinski definition) is 2. The monoisotopic (exact) mass is 434 g/mol. The van der Waals surface area contributed by atoms with Crippen molar-refractivity contribution >= 4 is 0 Å². The molecule has 0 spiro atoms. The van der Waals surface area contributed by atoms with E-state index in [0.29, 0.717) is 0 Å². The molecule has 0 radical (unpaired) electrons. The Balaban J connectivity index is 2.67. The summed E-state index contributed by atoms with van der Waals surface area (Å²) >= 11 is 0. The second kappa shape index (κ2) is 13.9. The van der Waals surface area contributed by atoms with Crippen molar-refractivity contribution in [3.05, 3.63) is 106 Å². The van der Waals surface area contributed by atoms with Crippen molar-refractivity contribution in [1.29, 1.82) is 0 Å². The molecule has 0 aliphatic heterocycles. The molecule has 0 aromatic carbocycles. The van der Waals surface area contributed by atoms with E-state index < -0.39 is 0 Å². The van der Waals surface area contributed by atoms with Crippen molar-refractivity contribution < 1.29 is 10.2 Å². The van der Waals surface area contributed by atoms with Crippen LogP contribution in [0.25, 0.3) is 0 Å². The van der Waals surface area contributed by atoms with Crippen molar-refractivity contribution in [2.24, 2.45) is 5.41 Å². The van der Waals surface area contributed by atoms with Gasteiger partial charge in [0, 0.05) is 0 Å². The maximum Gasteiger partial charge on any atom is 0.0642 e. The van der Waals surface area contributed by atoms with E-state index in [1.165, 1.54) is 22.3 Å². The van der Waals surface area contributed by atoms with Crippen LogP contribution in [0, 0.1) is 5.41 Å². The summed E-state index contributed by atoms with van der Waals surface area (Å²) in [6.07, 6.45) is 26.2. The lowest BCUT2D eigenvalue weighted by molar-refractivity contribution is 0.116. The van der Waals surface area contributed by atoms with E-state index in [2.05, 4.69) is 84.1 Å². The van der Waals surface area contributed by atoms with E-state index >= 15 is 0 Å². The minimum absolute atomic E-state index is 0.0116. The lowest BCUT2D eigenvalue weighted by atomic mass is 9.71. The third kappa shape index (κ3) is 10.7. The normalized spacial score (nSPS) is 21.8. The number of rotatable bonds is 9. The molecule has 1 atom stereocenters. The van der Waals surface area contributed by atoms with Crippen LogP contribution in [0.5, 0.6) is 0 Å². The Labute approximate surface area is 196 Å². The maximum atomic E-state index is 10.0. The zero-order valence-corrected chi connectivity index (χ0v) is 21.0. The standard InChI is InChI=1S/C30H42O2/c1-23(12-8-9-13-24(2)15-11-17-26(4)22-31)14-10-16-25(3)18-19-29-27(5)20-28(32)21-30(29,6)7/h8-19,28,31-32H,20-22H2,1-7H3/b9-8+,14-10+,15-11+,19-18+,23-12+,24-13+,25-16-,26-17+. The quantitative estimate of drug-likeness (QED) is 0.369. The van der Waals surface area contributed by atoms with Crippen molar-refractivity contribution in [2.75, 3.05) is 6.61 Å². The highest BCUT2D eigenvalue weighted by Crippen LogP contribution is 2.41. The molecule has 0 aromatic rings. The number of aliphatic hydroxyl groups excluding tert-OH is 2. The van der Waals surface area contributed by atoms with Crippen molar-refractivity contribution in [2.45, 2.75) is 67.4 Å². The van der Waals surface area contributed by atoms with Crippen LogP contribution in [0.4, 0.5) is 0 Å². The van der Waals surface area contributed by atoms with Gasteiger partial charge in [-0.05, 0) is 64.0 Å². The number of aliphatic hydroxyl groups is 2. The van der Waals surface area contributed by atoms with Gasteiger partial charge in [-0.2, -0.15) is 0 Å². The Hall–Kier alpha value is -2.42. The number of allylic oxidation sites excluding steroid dienone is 16. The minimum atomic E-state index is -0.223. The first-order chi connectivity index (χ1) is 15.0. The van der Waals surface area contributed by atoms with Crippen LogP contribution < -0.4 is 0 Å². The van der Waals surface area contributed by atoms with Gasteiger partial charge < -0.3 is 10.2 Å². The summed E-state index contributed by atoms with van der Waals surface area (Å²) in [4.78, 5) is 0. The molecule has 0 saturated heterocycles. The summed E-state index contributed by atoms with van der Waals surface area (Å²) < 4.78 is 0. The van der Waals surface area contributed by atoms with Crippen LogP contribution in [-0.4, -0.2) is 22.9 Å². The van der Waals surface area contributed by atoms with Gasteiger partial charge in [0.05, 0.1) is 12.7 Å². The second-order valence-electron chi connectivity index (χ2n) is 9.48. The molecule has 0 bridgehead atoms. The molecule has 0 fully saturated rings. The summed E-state index contributed by atoms with van der Waals surface area (Å²) in [6, 6.07) is 0. The average Bonchev–Trinajstić information content (AvgIpc) is 2.69. The zero-order valence-electron chi connectivity index (χ0n) is 21.0. The second-order valence-corrected chi connectivity index (χ2v) is 9.48. The summed E-state index contributed by atoms with van der Waals surface area (Å²) in [5.41, 5.74) is 7.11. The van der Waals surface area contributed by atoms with Crippen LogP contribution in [0.1, 0.15) is 61.3 Å². The molecule has 1 aliphatic carbocycles. The van der Waals surface area contributed by atoms with Crippen molar-refractivity contribution in [3.63, 3.8) is 0 Å². The van der Waals surface area contributed by atoms with Gasteiger partial charge in [-0.3, -0.25) is 0 Å². The Morgan fingerprint density at radius 1 is 0.844 bits per heavy atom. The summed E-state index contributed by atoms with van der Waals surface area (Å²) in [7, 11) is 0. The molecule has 1 unspecified atom stereocenters. The van der Waals surface area contributed by atoms with Crippen LogP contribution >= 0.6 is 0 Å². The fraction of sp³-hybridized carbons (Fsp3) is 0.400. The fourth-order valence-electron chi connectivity index (χ4n) is 3.74. The molecular weight excluding hydrogens is 392 g/mol.